The number of H-pyrrole nitrogens is 1. The van der Waals surface area contributed by atoms with E-state index < -0.39 is 0 Å². The van der Waals surface area contributed by atoms with Crippen LogP contribution >= 0.6 is 0 Å². The molecule has 6 heteroatoms. The number of aliphatic hydroxyl groups is 1. The smallest absolute Gasteiger partial charge is 0.234 e. The summed E-state index contributed by atoms with van der Waals surface area (Å²) in [7, 11) is 0. The van der Waals surface area contributed by atoms with E-state index in [1.54, 1.807) is 11.1 Å². The number of imidazole rings is 1. The molecule has 4 rings (SSSR count). The molecule has 1 aliphatic heterocycles. The number of rotatable bonds is 3. The van der Waals surface area contributed by atoms with Gasteiger partial charge in [-0.3, -0.25) is 9.78 Å². The molecule has 0 saturated heterocycles. The average Bonchev–Trinajstić information content (AvgIpc) is 3.09. The number of hydrogen-bond donors (Lipinski definition) is 2. The fourth-order valence-corrected chi connectivity index (χ4v) is 3.08. The van der Waals surface area contributed by atoms with Gasteiger partial charge in [0.2, 0.25) is 5.91 Å². The third-order valence-electron chi connectivity index (χ3n) is 4.26. The second kappa shape index (κ2) is 5.17. The number of aromatic amines is 1. The Morgan fingerprint density at radius 1 is 1.35 bits per heavy atom. The normalized spacial score (nSPS) is 17.0. The molecule has 23 heavy (non-hydrogen) atoms. The van der Waals surface area contributed by atoms with Crippen molar-refractivity contribution in [2.75, 3.05) is 18.1 Å². The van der Waals surface area contributed by atoms with Gasteiger partial charge in [0.15, 0.2) is 5.82 Å². The zero-order valence-corrected chi connectivity index (χ0v) is 12.7. The van der Waals surface area contributed by atoms with Crippen LogP contribution in [0.5, 0.6) is 0 Å². The number of aromatic nitrogens is 3. The zero-order valence-electron chi connectivity index (χ0n) is 12.7. The Kier molecular flexibility index (Phi) is 3.12. The van der Waals surface area contributed by atoms with Crippen LogP contribution in [-0.4, -0.2) is 39.1 Å². The molecule has 2 N–H and O–H groups in total. The molecule has 1 amide bonds. The molecular formula is C17H16N4O2. The first kappa shape index (κ1) is 13.9. The second-order valence-electron chi connectivity index (χ2n) is 5.66. The molecule has 0 bridgehead atoms. The third kappa shape index (κ3) is 2.10. The van der Waals surface area contributed by atoms with Crippen LogP contribution < -0.4 is 4.90 Å². The van der Waals surface area contributed by atoms with Crippen LogP contribution in [0.3, 0.4) is 0 Å². The molecule has 2 aromatic heterocycles. The summed E-state index contributed by atoms with van der Waals surface area (Å²) >= 11 is 0. The molecule has 0 saturated carbocycles. The highest BCUT2D eigenvalue weighted by atomic mass is 16.3. The van der Waals surface area contributed by atoms with Crippen molar-refractivity contribution in [3.63, 3.8) is 0 Å². The van der Waals surface area contributed by atoms with Gasteiger partial charge in [-0.1, -0.05) is 6.07 Å². The monoisotopic (exact) mass is 308 g/mol. The predicted molar refractivity (Wildman–Crippen MR) is 87.2 cm³/mol. The Labute approximate surface area is 132 Å². The maximum atomic E-state index is 12.3. The molecule has 0 fully saturated rings. The highest BCUT2D eigenvalue weighted by molar-refractivity contribution is 6.07. The Morgan fingerprint density at radius 3 is 2.96 bits per heavy atom. The van der Waals surface area contributed by atoms with E-state index in [1.165, 1.54) is 0 Å². The minimum Gasteiger partial charge on any atom is -0.395 e. The topological polar surface area (TPSA) is 82.1 Å². The average molecular weight is 308 g/mol. The quantitative estimate of drug-likeness (QED) is 0.776. The molecule has 0 spiro atoms. The van der Waals surface area contributed by atoms with Crippen LogP contribution in [0.2, 0.25) is 0 Å². The van der Waals surface area contributed by atoms with Gasteiger partial charge in [0.1, 0.15) is 5.69 Å². The molecule has 3 aromatic rings. The van der Waals surface area contributed by atoms with E-state index in [-0.39, 0.29) is 18.4 Å². The number of nitrogens with zero attached hydrogens (tertiary/aromatic N) is 3. The summed E-state index contributed by atoms with van der Waals surface area (Å²) in [6.45, 7) is 2.13. The highest BCUT2D eigenvalue weighted by Gasteiger charge is 2.34. The lowest BCUT2D eigenvalue weighted by Crippen LogP contribution is -2.30. The standard InChI is InChI=1S/C17H16N4O2/c1-10-11-8-13-14(9-15(11)21(6-7-22)17(10)23)20-16(19-13)12-4-2-3-5-18-12/h2-5,8-10,22H,6-7H2,1H3,(H,19,20). The van der Waals surface area contributed by atoms with Gasteiger partial charge in [0, 0.05) is 12.7 Å². The lowest BCUT2D eigenvalue weighted by molar-refractivity contribution is -0.119. The van der Waals surface area contributed by atoms with E-state index in [4.69, 9.17) is 0 Å². The van der Waals surface area contributed by atoms with Crippen LogP contribution in [0, 0.1) is 0 Å². The van der Waals surface area contributed by atoms with Crippen LogP contribution in [0.1, 0.15) is 18.4 Å². The van der Waals surface area contributed by atoms with E-state index in [1.807, 2.05) is 37.3 Å². The first-order valence-corrected chi connectivity index (χ1v) is 7.56. The Bertz CT molecular complexity index is 888. The van der Waals surface area contributed by atoms with Crippen molar-refractivity contribution >= 4 is 22.6 Å². The number of benzene rings is 1. The maximum Gasteiger partial charge on any atom is 0.234 e. The minimum absolute atomic E-state index is 0.0200. The number of amides is 1. The largest absolute Gasteiger partial charge is 0.395 e. The van der Waals surface area contributed by atoms with Gasteiger partial charge in [-0.05, 0) is 36.8 Å². The van der Waals surface area contributed by atoms with Crippen molar-refractivity contribution in [2.45, 2.75) is 12.8 Å². The number of β-amino-alcohol motifs (C(OH)–C–C–N with tert-alkyl or cyclic N) is 1. The minimum atomic E-state index is -0.206. The lowest BCUT2D eigenvalue weighted by Gasteiger charge is -2.15. The zero-order chi connectivity index (χ0) is 16.0. The molecule has 6 nitrogen and oxygen atoms in total. The van der Waals surface area contributed by atoms with Crippen molar-refractivity contribution in [1.82, 2.24) is 15.0 Å². The van der Waals surface area contributed by atoms with Crippen LogP contribution in [0.25, 0.3) is 22.6 Å². The summed E-state index contributed by atoms with van der Waals surface area (Å²) in [5, 5.41) is 9.20. The summed E-state index contributed by atoms with van der Waals surface area (Å²) in [5.74, 6) is 0.520. The van der Waals surface area contributed by atoms with Crippen molar-refractivity contribution < 1.29 is 9.90 Å². The van der Waals surface area contributed by atoms with E-state index in [2.05, 4.69) is 15.0 Å². The fourth-order valence-electron chi connectivity index (χ4n) is 3.08. The van der Waals surface area contributed by atoms with Crippen LogP contribution in [-0.2, 0) is 4.79 Å². The summed E-state index contributed by atoms with van der Waals surface area (Å²) in [6.07, 6.45) is 1.73. The van der Waals surface area contributed by atoms with E-state index >= 15 is 0 Å². The summed E-state index contributed by atoms with van der Waals surface area (Å²) in [6, 6.07) is 9.56. The molecule has 1 aromatic carbocycles. The molecule has 116 valence electrons. The van der Waals surface area contributed by atoms with Gasteiger partial charge in [0.05, 0.1) is 29.2 Å². The number of nitrogens with one attached hydrogen (secondary N) is 1. The Balaban J connectivity index is 1.85. The van der Waals surface area contributed by atoms with Gasteiger partial charge >= 0.3 is 0 Å². The van der Waals surface area contributed by atoms with Crippen molar-refractivity contribution in [1.29, 1.82) is 0 Å². The van der Waals surface area contributed by atoms with Crippen molar-refractivity contribution in [2.24, 2.45) is 0 Å². The Morgan fingerprint density at radius 2 is 2.22 bits per heavy atom. The number of carbonyl (C=O) groups is 1. The molecule has 3 heterocycles. The fraction of sp³-hybridized carbons (Fsp3) is 0.235. The lowest BCUT2D eigenvalue weighted by atomic mass is 10.0. The van der Waals surface area contributed by atoms with Gasteiger partial charge < -0.3 is 15.0 Å². The summed E-state index contributed by atoms with van der Waals surface area (Å²) in [5.41, 5.74) is 4.25. The van der Waals surface area contributed by atoms with Crippen molar-refractivity contribution in [3.8, 4) is 11.5 Å². The van der Waals surface area contributed by atoms with Gasteiger partial charge in [-0.2, -0.15) is 0 Å². The molecular weight excluding hydrogens is 292 g/mol. The molecule has 1 atom stereocenters. The second-order valence-corrected chi connectivity index (χ2v) is 5.66. The number of aliphatic hydroxyl groups excluding tert-OH is 1. The third-order valence-corrected chi connectivity index (χ3v) is 4.26. The molecule has 1 unspecified atom stereocenters. The molecule has 0 aliphatic carbocycles. The van der Waals surface area contributed by atoms with Gasteiger partial charge in [-0.25, -0.2) is 4.98 Å². The molecule has 1 aliphatic rings. The first-order chi connectivity index (χ1) is 11.2. The summed E-state index contributed by atoms with van der Waals surface area (Å²) < 4.78 is 0. The Hall–Kier alpha value is -2.73. The maximum absolute atomic E-state index is 12.3. The van der Waals surface area contributed by atoms with E-state index in [0.29, 0.717) is 12.4 Å². The number of anilines is 1. The predicted octanol–water partition coefficient (Wildman–Crippen LogP) is 2.07. The van der Waals surface area contributed by atoms with Crippen LogP contribution in [0.4, 0.5) is 5.69 Å². The number of pyridine rings is 1. The van der Waals surface area contributed by atoms with Gasteiger partial charge in [0.25, 0.3) is 0 Å². The SMILES string of the molecule is CC1C(=O)N(CCO)c2cc3nc(-c4ccccn4)[nH]c3cc21. The van der Waals surface area contributed by atoms with E-state index in [9.17, 15) is 9.90 Å². The molecule has 0 radical (unpaired) electrons. The number of carbonyl (C=O) groups excluding carboxylic acids is 1. The highest BCUT2D eigenvalue weighted by Crippen LogP contribution is 2.39. The summed E-state index contributed by atoms with van der Waals surface area (Å²) in [4.78, 5) is 26.1. The van der Waals surface area contributed by atoms with Crippen LogP contribution in [0.15, 0.2) is 36.5 Å². The van der Waals surface area contributed by atoms with Crippen molar-refractivity contribution in [3.05, 3.63) is 42.1 Å². The van der Waals surface area contributed by atoms with Gasteiger partial charge in [-0.15, -0.1) is 0 Å². The van der Waals surface area contributed by atoms with E-state index in [0.717, 1.165) is 28.0 Å². The first-order valence-electron chi connectivity index (χ1n) is 7.56. The number of hydrogen-bond acceptors (Lipinski definition) is 4. The number of fused-ring (bicyclic) bond motifs is 2.